The molecule has 4 aromatic rings. The molecule has 5 nitrogen and oxygen atoms in total. The number of carbonyl (C=O) groups is 1. The standard InChI is InChI=1S/C20H17N3O2S/c1-23-17-7-10-26-19(17)12-18(23)20(24)22-15-3-2-4-16(11-15)25-13-14-5-8-21-9-6-14/h2-12H,13H2,1H3,(H,22,24). The van der Waals surface area contributed by atoms with Gasteiger partial charge in [0.1, 0.15) is 18.1 Å². The topological polar surface area (TPSA) is 56.2 Å². The monoisotopic (exact) mass is 363 g/mol. The zero-order chi connectivity index (χ0) is 17.9. The van der Waals surface area contributed by atoms with E-state index < -0.39 is 0 Å². The fraction of sp³-hybridized carbons (Fsp3) is 0.100. The van der Waals surface area contributed by atoms with Crippen LogP contribution < -0.4 is 10.1 Å². The lowest BCUT2D eigenvalue weighted by Gasteiger charge is -2.10. The minimum absolute atomic E-state index is 0.137. The van der Waals surface area contributed by atoms with E-state index in [1.807, 2.05) is 65.5 Å². The molecule has 0 aliphatic carbocycles. The highest BCUT2D eigenvalue weighted by molar-refractivity contribution is 7.17. The average molecular weight is 363 g/mol. The minimum Gasteiger partial charge on any atom is -0.489 e. The summed E-state index contributed by atoms with van der Waals surface area (Å²) in [7, 11) is 1.90. The molecule has 0 saturated carbocycles. The number of fused-ring (bicyclic) bond motifs is 1. The lowest BCUT2D eigenvalue weighted by molar-refractivity contribution is 0.102. The van der Waals surface area contributed by atoms with Crippen LogP contribution in [0.1, 0.15) is 16.1 Å². The number of amides is 1. The van der Waals surface area contributed by atoms with Crippen molar-refractivity contribution in [2.75, 3.05) is 5.32 Å². The third-order valence-corrected chi connectivity index (χ3v) is 5.00. The molecule has 4 rings (SSSR count). The van der Waals surface area contributed by atoms with E-state index in [-0.39, 0.29) is 5.91 Å². The Bertz CT molecular complexity index is 1050. The Morgan fingerprint density at radius 2 is 2.04 bits per heavy atom. The van der Waals surface area contributed by atoms with E-state index in [4.69, 9.17) is 4.74 Å². The number of benzene rings is 1. The van der Waals surface area contributed by atoms with Crippen LogP contribution in [0.5, 0.6) is 5.75 Å². The molecule has 3 aromatic heterocycles. The summed E-state index contributed by atoms with van der Waals surface area (Å²) < 4.78 is 8.81. The van der Waals surface area contributed by atoms with Gasteiger partial charge in [0, 0.05) is 31.2 Å². The van der Waals surface area contributed by atoms with Crippen molar-refractivity contribution >= 4 is 33.1 Å². The van der Waals surface area contributed by atoms with Gasteiger partial charge >= 0.3 is 0 Å². The highest BCUT2D eigenvalue weighted by Gasteiger charge is 2.14. The number of hydrogen-bond acceptors (Lipinski definition) is 4. The predicted octanol–water partition coefficient (Wildman–Crippen LogP) is 4.47. The van der Waals surface area contributed by atoms with Crippen LogP contribution in [0.4, 0.5) is 5.69 Å². The normalized spacial score (nSPS) is 10.8. The van der Waals surface area contributed by atoms with Crippen LogP contribution in [-0.2, 0) is 13.7 Å². The summed E-state index contributed by atoms with van der Waals surface area (Å²) in [5.74, 6) is 0.565. The maximum absolute atomic E-state index is 12.6. The second kappa shape index (κ2) is 7.01. The highest BCUT2D eigenvalue weighted by atomic mass is 32.1. The molecular formula is C20H17N3O2S. The molecular weight excluding hydrogens is 346 g/mol. The van der Waals surface area contributed by atoms with E-state index in [0.717, 1.165) is 15.8 Å². The molecule has 0 unspecified atom stereocenters. The molecule has 26 heavy (non-hydrogen) atoms. The third-order valence-electron chi connectivity index (χ3n) is 4.14. The zero-order valence-corrected chi connectivity index (χ0v) is 15.0. The third kappa shape index (κ3) is 3.32. The van der Waals surface area contributed by atoms with Gasteiger partial charge in [0.25, 0.3) is 5.91 Å². The first kappa shape index (κ1) is 16.4. The van der Waals surface area contributed by atoms with Gasteiger partial charge in [-0.25, -0.2) is 0 Å². The smallest absolute Gasteiger partial charge is 0.272 e. The Morgan fingerprint density at radius 1 is 1.19 bits per heavy atom. The molecule has 0 aliphatic heterocycles. The van der Waals surface area contributed by atoms with Crippen LogP contribution in [0.3, 0.4) is 0 Å². The van der Waals surface area contributed by atoms with E-state index in [2.05, 4.69) is 10.3 Å². The molecule has 1 N–H and O–H groups in total. The minimum atomic E-state index is -0.137. The van der Waals surface area contributed by atoms with Crippen molar-refractivity contribution < 1.29 is 9.53 Å². The zero-order valence-electron chi connectivity index (χ0n) is 14.2. The number of hydrogen-bond donors (Lipinski definition) is 1. The van der Waals surface area contributed by atoms with E-state index in [0.29, 0.717) is 23.7 Å². The Hall–Kier alpha value is -3.12. The molecule has 3 heterocycles. The van der Waals surface area contributed by atoms with Gasteiger partial charge in [-0.15, -0.1) is 11.3 Å². The predicted molar refractivity (Wildman–Crippen MR) is 104 cm³/mol. The number of nitrogens with one attached hydrogen (secondary N) is 1. The first-order chi connectivity index (χ1) is 12.7. The van der Waals surface area contributed by atoms with Gasteiger partial charge in [-0.1, -0.05) is 6.07 Å². The summed E-state index contributed by atoms with van der Waals surface area (Å²) in [4.78, 5) is 16.6. The Labute approximate surface area is 154 Å². The molecule has 6 heteroatoms. The number of carbonyl (C=O) groups excluding carboxylic acids is 1. The first-order valence-corrected chi connectivity index (χ1v) is 9.05. The summed E-state index contributed by atoms with van der Waals surface area (Å²) >= 11 is 1.63. The maximum Gasteiger partial charge on any atom is 0.272 e. The van der Waals surface area contributed by atoms with Crippen LogP contribution in [0.2, 0.25) is 0 Å². The van der Waals surface area contributed by atoms with E-state index >= 15 is 0 Å². The fourth-order valence-corrected chi connectivity index (χ4v) is 3.62. The second-order valence-electron chi connectivity index (χ2n) is 5.88. The van der Waals surface area contributed by atoms with Crippen molar-refractivity contribution in [2.45, 2.75) is 6.61 Å². The number of anilines is 1. The van der Waals surface area contributed by atoms with Crippen molar-refractivity contribution in [3.05, 3.63) is 77.6 Å². The van der Waals surface area contributed by atoms with Crippen LogP contribution in [0.15, 0.2) is 66.3 Å². The summed E-state index contributed by atoms with van der Waals surface area (Å²) in [5.41, 5.74) is 3.44. The number of ether oxygens (including phenoxy) is 1. The average Bonchev–Trinajstić information content (AvgIpc) is 3.24. The Kier molecular flexibility index (Phi) is 4.41. The summed E-state index contributed by atoms with van der Waals surface area (Å²) in [6.45, 7) is 0.452. The van der Waals surface area contributed by atoms with Crippen molar-refractivity contribution in [1.29, 1.82) is 0 Å². The first-order valence-electron chi connectivity index (χ1n) is 8.17. The van der Waals surface area contributed by atoms with Gasteiger partial charge in [-0.2, -0.15) is 0 Å². The fourth-order valence-electron chi connectivity index (χ4n) is 2.77. The largest absolute Gasteiger partial charge is 0.489 e. The second-order valence-corrected chi connectivity index (χ2v) is 6.83. The summed E-state index contributed by atoms with van der Waals surface area (Å²) in [6.07, 6.45) is 3.47. The molecule has 130 valence electrons. The van der Waals surface area contributed by atoms with Gasteiger partial charge in [0.05, 0.1) is 10.2 Å². The number of thiophene rings is 1. The molecule has 1 amide bonds. The van der Waals surface area contributed by atoms with Gasteiger partial charge in [0.2, 0.25) is 0 Å². The summed E-state index contributed by atoms with van der Waals surface area (Å²) in [5, 5.41) is 4.97. The number of aryl methyl sites for hydroxylation is 1. The number of nitrogens with zero attached hydrogens (tertiary/aromatic N) is 2. The number of rotatable bonds is 5. The molecule has 0 atom stereocenters. The van der Waals surface area contributed by atoms with Gasteiger partial charge in [-0.3, -0.25) is 9.78 Å². The molecule has 1 aromatic carbocycles. The van der Waals surface area contributed by atoms with Crippen molar-refractivity contribution in [2.24, 2.45) is 7.05 Å². The van der Waals surface area contributed by atoms with Gasteiger partial charge in [0.15, 0.2) is 0 Å². The number of aromatic nitrogens is 2. The van der Waals surface area contributed by atoms with E-state index in [1.165, 1.54) is 0 Å². The Balaban J connectivity index is 1.47. The van der Waals surface area contributed by atoms with Gasteiger partial charge < -0.3 is 14.6 Å². The molecule has 0 spiro atoms. The van der Waals surface area contributed by atoms with Gasteiger partial charge in [-0.05, 0) is 47.3 Å². The van der Waals surface area contributed by atoms with Crippen LogP contribution in [0, 0.1) is 0 Å². The molecule has 0 fully saturated rings. The number of pyridine rings is 1. The molecule has 0 aliphatic rings. The SMILES string of the molecule is Cn1c(C(=O)Nc2cccc(OCc3ccncc3)c2)cc2sccc21. The Morgan fingerprint density at radius 3 is 2.85 bits per heavy atom. The molecule has 0 bridgehead atoms. The van der Waals surface area contributed by atoms with E-state index in [9.17, 15) is 4.79 Å². The lowest BCUT2D eigenvalue weighted by atomic mass is 10.2. The quantitative estimate of drug-likeness (QED) is 0.569. The van der Waals surface area contributed by atoms with Crippen LogP contribution >= 0.6 is 11.3 Å². The van der Waals surface area contributed by atoms with Crippen LogP contribution in [0.25, 0.3) is 10.2 Å². The van der Waals surface area contributed by atoms with Crippen molar-refractivity contribution in [3.8, 4) is 5.75 Å². The van der Waals surface area contributed by atoms with Crippen LogP contribution in [-0.4, -0.2) is 15.5 Å². The highest BCUT2D eigenvalue weighted by Crippen LogP contribution is 2.25. The summed E-state index contributed by atoms with van der Waals surface area (Å²) in [6, 6.07) is 15.2. The van der Waals surface area contributed by atoms with Crippen molar-refractivity contribution in [1.82, 2.24) is 9.55 Å². The van der Waals surface area contributed by atoms with E-state index in [1.54, 1.807) is 23.7 Å². The molecule has 0 saturated heterocycles. The lowest BCUT2D eigenvalue weighted by Crippen LogP contribution is -2.15. The van der Waals surface area contributed by atoms with Crippen molar-refractivity contribution in [3.63, 3.8) is 0 Å². The molecule has 0 radical (unpaired) electrons. The maximum atomic E-state index is 12.6.